The van der Waals surface area contributed by atoms with Crippen LogP contribution >= 0.6 is 0 Å². The van der Waals surface area contributed by atoms with Crippen LogP contribution in [0.4, 0.5) is 5.69 Å². The summed E-state index contributed by atoms with van der Waals surface area (Å²) in [5, 5.41) is 17.6. The first-order valence-corrected chi connectivity index (χ1v) is 6.51. The maximum absolute atomic E-state index is 9.57. The van der Waals surface area contributed by atoms with Crippen molar-refractivity contribution in [2.24, 2.45) is 7.05 Å². The van der Waals surface area contributed by atoms with E-state index in [0.29, 0.717) is 6.54 Å². The van der Waals surface area contributed by atoms with Gasteiger partial charge in [-0.2, -0.15) is 0 Å². The average molecular weight is 260 g/mol. The van der Waals surface area contributed by atoms with Crippen LogP contribution in [0.1, 0.15) is 19.2 Å². The number of aliphatic hydroxyl groups is 1. The first-order chi connectivity index (χ1) is 9.26. The molecule has 2 aromatic rings. The molecule has 0 bridgehead atoms. The summed E-state index contributed by atoms with van der Waals surface area (Å²) in [5.41, 5.74) is 1.09. The number of para-hydroxylation sites is 1. The molecule has 0 amide bonds. The summed E-state index contributed by atoms with van der Waals surface area (Å²) in [4.78, 5) is 2.17. The molecule has 1 aromatic heterocycles. The highest BCUT2D eigenvalue weighted by atomic mass is 16.3. The van der Waals surface area contributed by atoms with Gasteiger partial charge in [0.15, 0.2) is 5.82 Å². The van der Waals surface area contributed by atoms with Crippen LogP contribution in [0.2, 0.25) is 0 Å². The van der Waals surface area contributed by atoms with E-state index in [1.54, 1.807) is 6.33 Å². The van der Waals surface area contributed by atoms with Crippen molar-refractivity contribution in [3.8, 4) is 0 Å². The third-order valence-electron chi connectivity index (χ3n) is 3.33. The van der Waals surface area contributed by atoms with Crippen LogP contribution in [-0.2, 0) is 13.6 Å². The van der Waals surface area contributed by atoms with E-state index >= 15 is 0 Å². The first kappa shape index (κ1) is 13.5. The standard InChI is InChI=1S/C14H20N4O/c1-3-12(10-19)18(13-7-5-4-6-8-13)9-14-16-15-11-17(14)2/h4-8,11-12,19H,3,9-10H2,1-2H3. The SMILES string of the molecule is CCC(CO)N(Cc1nncn1C)c1ccccc1. The van der Waals surface area contributed by atoms with Gasteiger partial charge in [0.25, 0.3) is 0 Å². The maximum atomic E-state index is 9.57. The van der Waals surface area contributed by atoms with Crippen LogP contribution in [0.25, 0.3) is 0 Å². The number of hydrogen-bond donors (Lipinski definition) is 1. The normalized spacial score (nSPS) is 12.4. The Bertz CT molecular complexity index is 493. The lowest BCUT2D eigenvalue weighted by Crippen LogP contribution is -2.37. The number of aromatic nitrogens is 3. The quantitative estimate of drug-likeness (QED) is 0.857. The van der Waals surface area contributed by atoms with Crippen molar-refractivity contribution in [3.63, 3.8) is 0 Å². The molecule has 0 aliphatic carbocycles. The van der Waals surface area contributed by atoms with E-state index < -0.39 is 0 Å². The summed E-state index contributed by atoms with van der Waals surface area (Å²) in [6.45, 7) is 2.84. The van der Waals surface area contributed by atoms with Crippen molar-refractivity contribution in [2.75, 3.05) is 11.5 Å². The van der Waals surface area contributed by atoms with Gasteiger partial charge in [-0.15, -0.1) is 10.2 Å². The van der Waals surface area contributed by atoms with Crippen molar-refractivity contribution in [1.29, 1.82) is 0 Å². The van der Waals surface area contributed by atoms with Gasteiger partial charge in [0.2, 0.25) is 0 Å². The van der Waals surface area contributed by atoms with Gasteiger partial charge < -0.3 is 14.6 Å². The molecule has 1 aromatic carbocycles. The van der Waals surface area contributed by atoms with Crippen LogP contribution in [0.3, 0.4) is 0 Å². The Morgan fingerprint density at radius 3 is 2.58 bits per heavy atom. The molecule has 0 saturated heterocycles. The van der Waals surface area contributed by atoms with Gasteiger partial charge in [-0.25, -0.2) is 0 Å². The molecule has 0 fully saturated rings. The van der Waals surface area contributed by atoms with E-state index in [1.807, 2.05) is 29.8 Å². The maximum Gasteiger partial charge on any atom is 0.152 e. The first-order valence-electron chi connectivity index (χ1n) is 6.51. The zero-order chi connectivity index (χ0) is 13.7. The Balaban J connectivity index is 2.27. The minimum absolute atomic E-state index is 0.0825. The fraction of sp³-hybridized carbons (Fsp3) is 0.429. The molecule has 0 saturated carbocycles. The molecule has 5 heteroatoms. The van der Waals surface area contributed by atoms with Gasteiger partial charge in [0, 0.05) is 12.7 Å². The molecule has 1 unspecified atom stereocenters. The van der Waals surface area contributed by atoms with Crippen LogP contribution in [0, 0.1) is 0 Å². The third kappa shape index (κ3) is 3.12. The monoisotopic (exact) mass is 260 g/mol. The summed E-state index contributed by atoms with van der Waals surface area (Å²) >= 11 is 0. The highest BCUT2D eigenvalue weighted by Crippen LogP contribution is 2.20. The Hall–Kier alpha value is -1.88. The van der Waals surface area contributed by atoms with Crippen molar-refractivity contribution in [2.45, 2.75) is 25.9 Å². The Morgan fingerprint density at radius 1 is 1.32 bits per heavy atom. The molecular formula is C14H20N4O. The molecule has 0 aliphatic heterocycles. The molecule has 19 heavy (non-hydrogen) atoms. The lowest BCUT2D eigenvalue weighted by Gasteiger charge is -2.31. The number of anilines is 1. The summed E-state index contributed by atoms with van der Waals surface area (Å²) < 4.78 is 1.90. The smallest absolute Gasteiger partial charge is 0.152 e. The van der Waals surface area contributed by atoms with Gasteiger partial charge in [0.1, 0.15) is 6.33 Å². The second kappa shape index (κ2) is 6.33. The van der Waals surface area contributed by atoms with Crippen molar-refractivity contribution < 1.29 is 5.11 Å². The zero-order valence-corrected chi connectivity index (χ0v) is 11.4. The predicted molar refractivity (Wildman–Crippen MR) is 74.8 cm³/mol. The molecule has 0 spiro atoms. The summed E-state index contributed by atoms with van der Waals surface area (Å²) in [7, 11) is 1.93. The van der Waals surface area contributed by atoms with Gasteiger partial charge in [-0.1, -0.05) is 25.1 Å². The fourth-order valence-electron chi connectivity index (χ4n) is 2.10. The largest absolute Gasteiger partial charge is 0.394 e. The third-order valence-corrected chi connectivity index (χ3v) is 3.33. The molecule has 0 aliphatic rings. The minimum atomic E-state index is 0.0825. The van der Waals surface area contributed by atoms with Crippen molar-refractivity contribution in [1.82, 2.24) is 14.8 Å². The Labute approximate surface area is 113 Å². The molecule has 102 valence electrons. The Kier molecular flexibility index (Phi) is 4.52. The van der Waals surface area contributed by atoms with Crippen molar-refractivity contribution >= 4 is 5.69 Å². The predicted octanol–water partition coefficient (Wildman–Crippen LogP) is 1.59. The summed E-state index contributed by atoms with van der Waals surface area (Å²) in [6.07, 6.45) is 2.57. The van der Waals surface area contributed by atoms with Gasteiger partial charge in [-0.05, 0) is 18.6 Å². The molecule has 1 N–H and O–H groups in total. The van der Waals surface area contributed by atoms with Crippen LogP contribution in [0.5, 0.6) is 0 Å². The second-order valence-electron chi connectivity index (χ2n) is 4.57. The summed E-state index contributed by atoms with van der Waals surface area (Å²) in [5.74, 6) is 0.885. The molecule has 1 heterocycles. The highest BCUT2D eigenvalue weighted by molar-refractivity contribution is 5.47. The van der Waals surface area contributed by atoms with Gasteiger partial charge in [-0.3, -0.25) is 0 Å². The number of benzene rings is 1. The zero-order valence-electron chi connectivity index (χ0n) is 11.4. The fourth-order valence-corrected chi connectivity index (χ4v) is 2.10. The number of rotatable bonds is 6. The van der Waals surface area contributed by atoms with E-state index in [2.05, 4.69) is 34.2 Å². The number of nitrogens with zero attached hydrogens (tertiary/aromatic N) is 4. The number of hydrogen-bond acceptors (Lipinski definition) is 4. The van der Waals surface area contributed by atoms with Gasteiger partial charge >= 0.3 is 0 Å². The van der Waals surface area contributed by atoms with E-state index in [-0.39, 0.29) is 12.6 Å². The van der Waals surface area contributed by atoms with Gasteiger partial charge in [0.05, 0.1) is 19.2 Å². The molecule has 1 atom stereocenters. The summed E-state index contributed by atoms with van der Waals surface area (Å²) in [6, 6.07) is 10.2. The number of aliphatic hydroxyl groups excluding tert-OH is 1. The molecule has 0 radical (unpaired) electrons. The lowest BCUT2D eigenvalue weighted by molar-refractivity contribution is 0.254. The Morgan fingerprint density at radius 2 is 2.05 bits per heavy atom. The average Bonchev–Trinajstić information content (AvgIpc) is 2.85. The van der Waals surface area contributed by atoms with E-state index in [0.717, 1.165) is 17.9 Å². The molecule has 5 nitrogen and oxygen atoms in total. The molecule has 2 rings (SSSR count). The van der Waals surface area contributed by atoms with E-state index in [9.17, 15) is 5.11 Å². The van der Waals surface area contributed by atoms with E-state index in [1.165, 1.54) is 0 Å². The highest BCUT2D eigenvalue weighted by Gasteiger charge is 2.18. The second-order valence-corrected chi connectivity index (χ2v) is 4.57. The molecular weight excluding hydrogens is 240 g/mol. The minimum Gasteiger partial charge on any atom is -0.394 e. The lowest BCUT2D eigenvalue weighted by atomic mass is 10.1. The van der Waals surface area contributed by atoms with Crippen molar-refractivity contribution in [3.05, 3.63) is 42.5 Å². The van der Waals surface area contributed by atoms with E-state index in [4.69, 9.17) is 0 Å². The topological polar surface area (TPSA) is 54.2 Å². The number of aryl methyl sites for hydroxylation is 1. The van der Waals surface area contributed by atoms with Crippen LogP contribution in [0.15, 0.2) is 36.7 Å². The van der Waals surface area contributed by atoms with Crippen LogP contribution in [-0.4, -0.2) is 32.5 Å². The van der Waals surface area contributed by atoms with Crippen LogP contribution < -0.4 is 4.90 Å².